The van der Waals surface area contributed by atoms with Gasteiger partial charge >= 0.3 is 0 Å². The van der Waals surface area contributed by atoms with Gasteiger partial charge in [-0.25, -0.2) is 0 Å². The van der Waals surface area contributed by atoms with Crippen LogP contribution in [0.2, 0.25) is 0 Å². The van der Waals surface area contributed by atoms with Gasteiger partial charge in [-0.3, -0.25) is 0 Å². The van der Waals surface area contributed by atoms with Crippen molar-refractivity contribution in [3.63, 3.8) is 0 Å². The summed E-state index contributed by atoms with van der Waals surface area (Å²) < 4.78 is 5.43. The molecule has 0 aliphatic carbocycles. The molecule has 0 spiro atoms. The number of piperidine rings is 1. The number of hydrogen-bond acceptors (Lipinski definition) is 4. The first-order valence-electron chi connectivity index (χ1n) is 9.18. The van der Waals surface area contributed by atoms with Crippen LogP contribution in [0.5, 0.6) is 0 Å². The average Bonchev–Trinajstić information content (AvgIpc) is 2.70. The number of dihydropyridines is 1. The number of benzene rings is 1. The summed E-state index contributed by atoms with van der Waals surface area (Å²) in [7, 11) is 0. The summed E-state index contributed by atoms with van der Waals surface area (Å²) in [5.41, 5.74) is 5.42. The maximum Gasteiger partial charge on any atom is 0.0642 e. The fourth-order valence-electron chi connectivity index (χ4n) is 3.83. The van der Waals surface area contributed by atoms with Crippen LogP contribution in [0.4, 0.5) is 5.69 Å². The van der Waals surface area contributed by atoms with Crippen molar-refractivity contribution in [3.05, 3.63) is 47.7 Å². The van der Waals surface area contributed by atoms with E-state index in [0.29, 0.717) is 5.92 Å². The minimum Gasteiger partial charge on any atom is -0.384 e. The highest BCUT2D eigenvalue weighted by Gasteiger charge is 2.19. The van der Waals surface area contributed by atoms with Gasteiger partial charge in [0.05, 0.1) is 13.2 Å². The third-order valence-electron chi connectivity index (χ3n) is 5.34. The second-order valence-electron chi connectivity index (χ2n) is 6.84. The minimum absolute atomic E-state index is 0.702. The Morgan fingerprint density at radius 1 is 0.958 bits per heavy atom. The molecule has 1 aromatic rings. The molecule has 1 aromatic carbocycles. The lowest BCUT2D eigenvalue weighted by molar-refractivity contribution is 0.122. The summed E-state index contributed by atoms with van der Waals surface area (Å²) in [5.74, 6) is 0.702. The molecular weight excluding hydrogens is 298 g/mol. The summed E-state index contributed by atoms with van der Waals surface area (Å²) in [6.07, 6.45) is 7.09. The largest absolute Gasteiger partial charge is 0.384 e. The van der Waals surface area contributed by atoms with E-state index >= 15 is 0 Å². The molecule has 0 aromatic heterocycles. The van der Waals surface area contributed by atoms with E-state index in [-0.39, 0.29) is 0 Å². The van der Waals surface area contributed by atoms with Crippen molar-refractivity contribution in [1.29, 1.82) is 0 Å². The molecule has 2 N–H and O–H groups in total. The lowest BCUT2D eigenvalue weighted by Crippen LogP contribution is -2.36. The molecule has 0 saturated carbocycles. The molecular formula is C20H27N3O. The Balaban J connectivity index is 1.44. The molecule has 4 rings (SSSR count). The molecule has 0 atom stereocenters. The zero-order valence-electron chi connectivity index (χ0n) is 14.3. The van der Waals surface area contributed by atoms with E-state index in [1.54, 1.807) is 0 Å². The average molecular weight is 325 g/mol. The molecule has 128 valence electrons. The molecule has 2 fully saturated rings. The van der Waals surface area contributed by atoms with Gasteiger partial charge in [-0.15, -0.1) is 0 Å². The zero-order chi connectivity index (χ0) is 16.2. The molecule has 0 amide bonds. The second kappa shape index (κ2) is 7.41. The molecule has 4 heteroatoms. The van der Waals surface area contributed by atoms with Crippen molar-refractivity contribution in [2.75, 3.05) is 50.8 Å². The van der Waals surface area contributed by atoms with Crippen molar-refractivity contribution < 1.29 is 4.74 Å². The monoisotopic (exact) mass is 325 g/mol. The van der Waals surface area contributed by atoms with Crippen molar-refractivity contribution >= 4 is 11.3 Å². The quantitative estimate of drug-likeness (QED) is 0.895. The van der Waals surface area contributed by atoms with E-state index < -0.39 is 0 Å². The van der Waals surface area contributed by atoms with E-state index in [4.69, 9.17) is 4.74 Å². The number of nitrogens with one attached hydrogen (secondary N) is 2. The third-order valence-corrected chi connectivity index (χ3v) is 5.34. The molecule has 3 aliphatic heterocycles. The van der Waals surface area contributed by atoms with Gasteiger partial charge in [0.2, 0.25) is 0 Å². The maximum atomic E-state index is 5.43. The number of hydrogen-bond donors (Lipinski definition) is 2. The summed E-state index contributed by atoms with van der Waals surface area (Å²) in [4.78, 5) is 2.40. The highest BCUT2D eigenvalue weighted by molar-refractivity contribution is 5.71. The van der Waals surface area contributed by atoms with Crippen molar-refractivity contribution in [2.24, 2.45) is 5.92 Å². The highest BCUT2D eigenvalue weighted by atomic mass is 16.5. The molecule has 0 unspecified atom stereocenters. The predicted molar refractivity (Wildman–Crippen MR) is 99.1 cm³/mol. The maximum absolute atomic E-state index is 5.43. The number of ether oxygens (including phenoxy) is 1. The number of anilines is 1. The molecule has 24 heavy (non-hydrogen) atoms. The van der Waals surface area contributed by atoms with E-state index in [9.17, 15) is 0 Å². The van der Waals surface area contributed by atoms with Crippen molar-refractivity contribution in [2.45, 2.75) is 12.8 Å². The molecule has 3 heterocycles. The van der Waals surface area contributed by atoms with Gasteiger partial charge in [-0.1, -0.05) is 18.2 Å². The van der Waals surface area contributed by atoms with Crippen LogP contribution in [-0.2, 0) is 4.74 Å². The molecule has 3 aliphatic rings. The Hall–Kier alpha value is -1.78. The van der Waals surface area contributed by atoms with Crippen LogP contribution < -0.4 is 15.5 Å². The first kappa shape index (κ1) is 15.7. The Morgan fingerprint density at radius 2 is 1.71 bits per heavy atom. The van der Waals surface area contributed by atoms with Gasteiger partial charge in [0.1, 0.15) is 0 Å². The van der Waals surface area contributed by atoms with Crippen molar-refractivity contribution in [3.8, 4) is 0 Å². The standard InChI is InChI=1S/C20H27N3O/c1-4-19(23-11-13-24-14-12-23)5-2-16(1)18-3-6-20(22-15-18)17-7-9-21-10-8-17/h1-6,17,21-22H,7-15H2. The van der Waals surface area contributed by atoms with Gasteiger partial charge in [0.25, 0.3) is 0 Å². The lowest BCUT2D eigenvalue weighted by Gasteiger charge is -2.29. The van der Waals surface area contributed by atoms with Gasteiger partial charge < -0.3 is 20.3 Å². The summed E-state index contributed by atoms with van der Waals surface area (Å²) in [6, 6.07) is 8.99. The van der Waals surface area contributed by atoms with Gasteiger partial charge in [0.15, 0.2) is 0 Å². The van der Waals surface area contributed by atoms with E-state index in [0.717, 1.165) is 45.9 Å². The van der Waals surface area contributed by atoms with Crippen LogP contribution in [0.15, 0.2) is 42.1 Å². The van der Waals surface area contributed by atoms with Gasteiger partial charge in [-0.05, 0) is 55.3 Å². The van der Waals surface area contributed by atoms with Crippen LogP contribution in [0.1, 0.15) is 18.4 Å². The molecule has 0 radical (unpaired) electrons. The van der Waals surface area contributed by atoms with E-state index in [1.807, 2.05) is 0 Å². The smallest absolute Gasteiger partial charge is 0.0642 e. The third kappa shape index (κ3) is 3.50. The van der Waals surface area contributed by atoms with Crippen LogP contribution in [0.25, 0.3) is 5.57 Å². The molecule has 2 saturated heterocycles. The normalized spacial score (nSPS) is 22.6. The summed E-state index contributed by atoms with van der Waals surface area (Å²) in [5, 5.41) is 7.09. The Morgan fingerprint density at radius 3 is 2.38 bits per heavy atom. The van der Waals surface area contributed by atoms with Crippen LogP contribution in [-0.4, -0.2) is 45.9 Å². The van der Waals surface area contributed by atoms with Crippen LogP contribution in [0, 0.1) is 5.92 Å². The second-order valence-corrected chi connectivity index (χ2v) is 6.84. The predicted octanol–water partition coefficient (Wildman–Crippen LogP) is 2.39. The topological polar surface area (TPSA) is 36.5 Å². The Kier molecular flexibility index (Phi) is 4.86. The van der Waals surface area contributed by atoms with Crippen LogP contribution in [0.3, 0.4) is 0 Å². The fraction of sp³-hybridized carbons (Fsp3) is 0.500. The SMILES string of the molecule is C1=C(c2ccc(N3CCOCC3)cc2)CNC(C2CCNCC2)=C1. The number of nitrogens with zero attached hydrogens (tertiary/aromatic N) is 1. The number of morpholine rings is 1. The minimum atomic E-state index is 0.702. The van der Waals surface area contributed by atoms with Gasteiger partial charge in [-0.2, -0.15) is 0 Å². The van der Waals surface area contributed by atoms with Crippen LogP contribution >= 0.6 is 0 Å². The molecule has 0 bridgehead atoms. The van der Waals surface area contributed by atoms with Crippen molar-refractivity contribution in [1.82, 2.24) is 10.6 Å². The molecule has 4 nitrogen and oxygen atoms in total. The van der Waals surface area contributed by atoms with Gasteiger partial charge in [0, 0.05) is 36.9 Å². The Labute approximate surface area is 144 Å². The summed E-state index contributed by atoms with van der Waals surface area (Å²) >= 11 is 0. The van der Waals surface area contributed by atoms with E-state index in [2.05, 4.69) is 52.0 Å². The summed E-state index contributed by atoms with van der Waals surface area (Å²) in [6.45, 7) is 6.87. The highest BCUT2D eigenvalue weighted by Crippen LogP contribution is 2.26. The first-order valence-corrected chi connectivity index (χ1v) is 9.18. The van der Waals surface area contributed by atoms with E-state index in [1.165, 1.54) is 35.4 Å². The number of allylic oxidation sites excluding steroid dienone is 3. The lowest BCUT2D eigenvalue weighted by atomic mass is 9.91. The first-order chi connectivity index (χ1) is 11.9. The Bertz CT molecular complexity index is 608. The zero-order valence-corrected chi connectivity index (χ0v) is 14.3. The fourth-order valence-corrected chi connectivity index (χ4v) is 3.83. The number of rotatable bonds is 3.